The Morgan fingerprint density at radius 3 is 3.14 bits per heavy atom. The van der Waals surface area contributed by atoms with Crippen LogP contribution in [-0.4, -0.2) is 35.1 Å². The summed E-state index contributed by atoms with van der Waals surface area (Å²) in [5.41, 5.74) is 0. The molecule has 0 saturated carbocycles. The number of aryl methyl sites for hydroxylation is 1. The fourth-order valence-electron chi connectivity index (χ4n) is 1.09. The molecule has 78 valence electrons. The largest absolute Gasteiger partial charge is 0.469 e. The maximum Gasteiger partial charge on any atom is 0.305 e. The second-order valence-corrected chi connectivity index (χ2v) is 2.77. The van der Waals surface area contributed by atoms with Crippen LogP contribution in [0.4, 0.5) is 5.82 Å². The predicted octanol–water partition coefficient (Wildman–Crippen LogP) is 0.273. The number of anilines is 1. The molecule has 0 aliphatic rings. The van der Waals surface area contributed by atoms with E-state index in [1.165, 1.54) is 7.11 Å². The SMILES string of the molecule is CNc1cnnn1CCCC(=O)OC. The van der Waals surface area contributed by atoms with Crippen molar-refractivity contribution in [3.8, 4) is 0 Å². The minimum absolute atomic E-state index is 0.198. The summed E-state index contributed by atoms with van der Waals surface area (Å²) in [5, 5.41) is 10.6. The molecule has 0 aliphatic carbocycles. The minimum atomic E-state index is -0.198. The van der Waals surface area contributed by atoms with E-state index in [1.807, 2.05) is 0 Å². The van der Waals surface area contributed by atoms with Gasteiger partial charge in [0.2, 0.25) is 0 Å². The van der Waals surface area contributed by atoms with E-state index in [9.17, 15) is 4.79 Å². The molecular weight excluding hydrogens is 184 g/mol. The van der Waals surface area contributed by atoms with E-state index in [2.05, 4.69) is 20.4 Å². The number of ether oxygens (including phenoxy) is 1. The van der Waals surface area contributed by atoms with Crippen molar-refractivity contribution in [2.75, 3.05) is 19.5 Å². The molecule has 0 saturated heterocycles. The first-order chi connectivity index (χ1) is 6.77. The molecule has 0 amide bonds. The van der Waals surface area contributed by atoms with Crippen molar-refractivity contribution >= 4 is 11.8 Å². The monoisotopic (exact) mass is 198 g/mol. The fourth-order valence-corrected chi connectivity index (χ4v) is 1.09. The van der Waals surface area contributed by atoms with Crippen LogP contribution in [0.1, 0.15) is 12.8 Å². The van der Waals surface area contributed by atoms with Crippen LogP contribution in [0.2, 0.25) is 0 Å². The van der Waals surface area contributed by atoms with Crippen molar-refractivity contribution in [2.24, 2.45) is 0 Å². The van der Waals surface area contributed by atoms with Gasteiger partial charge in [0.05, 0.1) is 13.3 Å². The maximum absolute atomic E-state index is 10.8. The zero-order chi connectivity index (χ0) is 10.4. The summed E-state index contributed by atoms with van der Waals surface area (Å²) in [6, 6.07) is 0. The Kier molecular flexibility index (Phi) is 3.90. The summed E-state index contributed by atoms with van der Waals surface area (Å²) < 4.78 is 6.24. The van der Waals surface area contributed by atoms with Gasteiger partial charge in [0.1, 0.15) is 5.82 Å². The molecule has 6 heteroatoms. The Morgan fingerprint density at radius 2 is 2.50 bits per heavy atom. The van der Waals surface area contributed by atoms with Crippen LogP contribution in [0.3, 0.4) is 0 Å². The normalized spacial score (nSPS) is 9.86. The molecule has 1 heterocycles. The molecule has 1 rings (SSSR count). The van der Waals surface area contributed by atoms with Crippen LogP contribution in [0.5, 0.6) is 0 Å². The lowest BCUT2D eigenvalue weighted by Crippen LogP contribution is -2.07. The molecule has 0 aromatic carbocycles. The summed E-state index contributed by atoms with van der Waals surface area (Å²) in [4.78, 5) is 10.8. The van der Waals surface area contributed by atoms with Gasteiger partial charge in [-0.25, -0.2) is 4.68 Å². The zero-order valence-electron chi connectivity index (χ0n) is 8.36. The smallest absolute Gasteiger partial charge is 0.305 e. The fraction of sp³-hybridized carbons (Fsp3) is 0.625. The van der Waals surface area contributed by atoms with Crippen LogP contribution < -0.4 is 5.32 Å². The van der Waals surface area contributed by atoms with Gasteiger partial charge in [0, 0.05) is 20.0 Å². The molecule has 0 radical (unpaired) electrons. The van der Waals surface area contributed by atoms with Gasteiger partial charge in [-0.3, -0.25) is 4.79 Å². The number of nitrogens with one attached hydrogen (secondary N) is 1. The van der Waals surface area contributed by atoms with Gasteiger partial charge < -0.3 is 10.1 Å². The van der Waals surface area contributed by atoms with Crippen LogP contribution in [0.25, 0.3) is 0 Å². The van der Waals surface area contributed by atoms with Crippen molar-refractivity contribution in [3.05, 3.63) is 6.20 Å². The maximum atomic E-state index is 10.8. The van der Waals surface area contributed by atoms with E-state index >= 15 is 0 Å². The predicted molar refractivity (Wildman–Crippen MR) is 50.8 cm³/mol. The average Bonchev–Trinajstić information content (AvgIpc) is 2.65. The number of esters is 1. The molecule has 6 nitrogen and oxygen atoms in total. The van der Waals surface area contributed by atoms with E-state index in [4.69, 9.17) is 0 Å². The van der Waals surface area contributed by atoms with Crippen molar-refractivity contribution in [1.82, 2.24) is 15.0 Å². The van der Waals surface area contributed by atoms with Crippen molar-refractivity contribution in [3.63, 3.8) is 0 Å². The molecular formula is C8H14N4O2. The number of carbonyl (C=O) groups excluding carboxylic acids is 1. The lowest BCUT2D eigenvalue weighted by atomic mass is 10.3. The van der Waals surface area contributed by atoms with Gasteiger partial charge in [-0.2, -0.15) is 0 Å². The second kappa shape index (κ2) is 5.21. The molecule has 0 aliphatic heterocycles. The summed E-state index contributed by atoms with van der Waals surface area (Å²) in [6.45, 7) is 0.658. The van der Waals surface area contributed by atoms with Crippen LogP contribution >= 0.6 is 0 Å². The molecule has 0 bridgehead atoms. The van der Waals surface area contributed by atoms with Crippen molar-refractivity contribution in [1.29, 1.82) is 0 Å². The highest BCUT2D eigenvalue weighted by Gasteiger charge is 2.03. The molecule has 1 aromatic rings. The van der Waals surface area contributed by atoms with Gasteiger partial charge in [0.15, 0.2) is 0 Å². The summed E-state index contributed by atoms with van der Waals surface area (Å²) in [6.07, 6.45) is 2.74. The summed E-state index contributed by atoms with van der Waals surface area (Å²) in [5.74, 6) is 0.644. The van der Waals surface area contributed by atoms with E-state index in [1.54, 1.807) is 17.9 Å². The Labute approximate surface area is 82.2 Å². The summed E-state index contributed by atoms with van der Waals surface area (Å²) in [7, 11) is 3.19. The highest BCUT2D eigenvalue weighted by atomic mass is 16.5. The Hall–Kier alpha value is -1.59. The standard InChI is InChI=1S/C8H14N4O2/c1-9-7-6-10-11-12(7)5-3-4-8(13)14-2/h6,9H,3-5H2,1-2H3. The van der Waals surface area contributed by atoms with E-state index < -0.39 is 0 Å². The van der Waals surface area contributed by atoms with E-state index in [0.717, 1.165) is 5.82 Å². The quantitative estimate of drug-likeness (QED) is 0.688. The molecule has 1 N–H and O–H groups in total. The zero-order valence-corrected chi connectivity index (χ0v) is 8.36. The lowest BCUT2D eigenvalue weighted by Gasteiger charge is -2.04. The number of rotatable bonds is 5. The van der Waals surface area contributed by atoms with E-state index in [-0.39, 0.29) is 5.97 Å². The highest BCUT2D eigenvalue weighted by Crippen LogP contribution is 2.04. The Morgan fingerprint density at radius 1 is 1.71 bits per heavy atom. The van der Waals surface area contributed by atoms with Crippen LogP contribution in [0, 0.1) is 0 Å². The van der Waals surface area contributed by atoms with Crippen LogP contribution in [-0.2, 0) is 16.1 Å². The number of aromatic nitrogens is 3. The first-order valence-corrected chi connectivity index (χ1v) is 4.41. The highest BCUT2D eigenvalue weighted by molar-refractivity contribution is 5.68. The number of hydrogen-bond donors (Lipinski definition) is 1. The van der Waals surface area contributed by atoms with Gasteiger partial charge in [-0.15, -0.1) is 5.10 Å². The Bertz CT molecular complexity index is 297. The first kappa shape index (κ1) is 10.5. The molecule has 0 spiro atoms. The molecule has 1 aromatic heterocycles. The molecule has 0 unspecified atom stereocenters. The Balaban J connectivity index is 2.34. The minimum Gasteiger partial charge on any atom is -0.469 e. The molecule has 0 atom stereocenters. The molecule has 14 heavy (non-hydrogen) atoms. The third-order valence-corrected chi connectivity index (χ3v) is 1.85. The average molecular weight is 198 g/mol. The van der Waals surface area contributed by atoms with Crippen molar-refractivity contribution < 1.29 is 9.53 Å². The van der Waals surface area contributed by atoms with Crippen LogP contribution in [0.15, 0.2) is 6.20 Å². The van der Waals surface area contributed by atoms with Crippen molar-refractivity contribution in [2.45, 2.75) is 19.4 Å². The van der Waals surface area contributed by atoms with Gasteiger partial charge in [-0.1, -0.05) is 5.21 Å². The lowest BCUT2D eigenvalue weighted by molar-refractivity contribution is -0.140. The molecule has 0 fully saturated rings. The van der Waals surface area contributed by atoms with Gasteiger partial charge in [0.25, 0.3) is 0 Å². The number of hydrogen-bond acceptors (Lipinski definition) is 5. The van der Waals surface area contributed by atoms with Gasteiger partial charge in [-0.05, 0) is 6.42 Å². The van der Waals surface area contributed by atoms with E-state index in [0.29, 0.717) is 19.4 Å². The third-order valence-electron chi connectivity index (χ3n) is 1.85. The third kappa shape index (κ3) is 2.72. The second-order valence-electron chi connectivity index (χ2n) is 2.77. The first-order valence-electron chi connectivity index (χ1n) is 4.41. The number of methoxy groups -OCH3 is 1. The summed E-state index contributed by atoms with van der Waals surface area (Å²) >= 11 is 0. The number of nitrogens with zero attached hydrogens (tertiary/aromatic N) is 3. The topological polar surface area (TPSA) is 69.0 Å². The number of carbonyl (C=O) groups is 1. The van der Waals surface area contributed by atoms with Gasteiger partial charge >= 0.3 is 5.97 Å².